The van der Waals surface area contributed by atoms with E-state index in [0.717, 1.165) is 15.0 Å². The minimum Gasteiger partial charge on any atom is -0.478 e. The van der Waals surface area contributed by atoms with Crippen molar-refractivity contribution >= 4 is 28.8 Å². The number of rotatable bonds is 5. The van der Waals surface area contributed by atoms with Crippen molar-refractivity contribution in [1.29, 1.82) is 0 Å². The average molecular weight is 284 g/mol. The molecule has 0 amide bonds. The Morgan fingerprint density at radius 2 is 2.22 bits per heavy atom. The first-order valence-electron chi connectivity index (χ1n) is 5.64. The number of halogens is 1. The quantitative estimate of drug-likeness (QED) is 0.912. The van der Waals surface area contributed by atoms with Crippen LogP contribution in [0.2, 0.25) is 4.34 Å². The van der Waals surface area contributed by atoms with Crippen molar-refractivity contribution in [3.63, 3.8) is 0 Å². The minimum atomic E-state index is 0.594. The zero-order valence-electron chi connectivity index (χ0n) is 10.2. The summed E-state index contributed by atoms with van der Waals surface area (Å²) in [6, 6.07) is 5.68. The lowest BCUT2D eigenvalue weighted by atomic mass is 10.4. The average Bonchev–Trinajstić information content (AvgIpc) is 2.72. The zero-order valence-corrected chi connectivity index (χ0v) is 11.8. The van der Waals surface area contributed by atoms with Gasteiger partial charge in [-0.1, -0.05) is 11.6 Å². The first-order chi connectivity index (χ1) is 8.67. The molecule has 0 fully saturated rings. The number of nitrogens with one attached hydrogen (secondary N) is 1. The molecular weight excluding hydrogens is 270 g/mol. The molecule has 0 saturated heterocycles. The Bertz CT molecular complexity index is 530. The largest absolute Gasteiger partial charge is 0.478 e. The molecule has 0 aromatic carbocycles. The Balaban J connectivity index is 2.04. The summed E-state index contributed by atoms with van der Waals surface area (Å²) >= 11 is 7.43. The third-order valence-electron chi connectivity index (χ3n) is 2.18. The third kappa shape index (κ3) is 3.58. The molecule has 0 aliphatic carbocycles. The van der Waals surface area contributed by atoms with Gasteiger partial charge in [0.15, 0.2) is 0 Å². The number of hydrogen-bond donors (Lipinski definition) is 1. The van der Waals surface area contributed by atoms with E-state index in [4.69, 9.17) is 16.3 Å². The van der Waals surface area contributed by atoms with Crippen LogP contribution in [0.15, 0.2) is 18.2 Å². The maximum atomic E-state index is 5.88. The lowest BCUT2D eigenvalue weighted by Gasteiger charge is -2.07. The van der Waals surface area contributed by atoms with Crippen LogP contribution in [0.5, 0.6) is 5.88 Å². The number of thiophene rings is 1. The maximum absolute atomic E-state index is 5.88. The molecule has 2 rings (SSSR count). The molecular formula is C12H14ClN3OS. The number of anilines is 1. The second-order valence-corrected chi connectivity index (χ2v) is 5.43. The number of aryl methyl sites for hydroxylation is 1. The van der Waals surface area contributed by atoms with Gasteiger partial charge in [0, 0.05) is 10.9 Å². The van der Waals surface area contributed by atoms with Crippen molar-refractivity contribution in [2.45, 2.75) is 20.4 Å². The molecule has 2 heterocycles. The highest BCUT2D eigenvalue weighted by Gasteiger charge is 2.03. The van der Waals surface area contributed by atoms with Crippen LogP contribution in [0.4, 0.5) is 5.82 Å². The van der Waals surface area contributed by atoms with Crippen LogP contribution < -0.4 is 10.1 Å². The third-order valence-corrected chi connectivity index (χ3v) is 3.41. The van der Waals surface area contributed by atoms with Gasteiger partial charge >= 0.3 is 0 Å². The normalized spacial score (nSPS) is 10.4. The molecule has 2 aromatic rings. The summed E-state index contributed by atoms with van der Waals surface area (Å²) < 4.78 is 6.17. The number of nitrogens with zero attached hydrogens (tertiary/aromatic N) is 2. The topological polar surface area (TPSA) is 47.0 Å². The van der Waals surface area contributed by atoms with E-state index in [-0.39, 0.29) is 0 Å². The van der Waals surface area contributed by atoms with Gasteiger partial charge in [0.25, 0.3) is 0 Å². The van der Waals surface area contributed by atoms with Crippen LogP contribution in [-0.2, 0) is 6.54 Å². The van der Waals surface area contributed by atoms with E-state index in [1.54, 1.807) is 17.4 Å². The van der Waals surface area contributed by atoms with Gasteiger partial charge in [-0.15, -0.1) is 11.3 Å². The van der Waals surface area contributed by atoms with Gasteiger partial charge in [0.05, 0.1) is 17.5 Å². The summed E-state index contributed by atoms with van der Waals surface area (Å²) in [4.78, 5) is 9.66. The Kier molecular flexibility index (Phi) is 4.38. The Labute approximate surface area is 115 Å². The molecule has 0 spiro atoms. The molecule has 6 heteroatoms. The number of aromatic nitrogens is 2. The summed E-state index contributed by atoms with van der Waals surface area (Å²) in [5, 5.41) is 3.23. The lowest BCUT2D eigenvalue weighted by molar-refractivity contribution is 0.325. The highest BCUT2D eigenvalue weighted by atomic mass is 35.5. The molecule has 0 saturated carbocycles. The lowest BCUT2D eigenvalue weighted by Crippen LogP contribution is -2.04. The summed E-state index contributed by atoms with van der Waals surface area (Å²) in [7, 11) is 0. The van der Waals surface area contributed by atoms with Crippen molar-refractivity contribution < 1.29 is 4.74 Å². The van der Waals surface area contributed by atoms with Crippen molar-refractivity contribution in [3.8, 4) is 5.88 Å². The van der Waals surface area contributed by atoms with Gasteiger partial charge in [-0.2, -0.15) is 4.98 Å². The maximum Gasteiger partial charge on any atom is 0.218 e. The van der Waals surface area contributed by atoms with Crippen molar-refractivity contribution in [3.05, 3.63) is 33.2 Å². The molecule has 2 aromatic heterocycles. The summed E-state index contributed by atoms with van der Waals surface area (Å²) in [5.74, 6) is 2.04. The second-order valence-electron chi connectivity index (χ2n) is 3.63. The second kappa shape index (κ2) is 6.02. The van der Waals surface area contributed by atoms with Crippen molar-refractivity contribution in [1.82, 2.24) is 9.97 Å². The standard InChI is InChI=1S/C12H14ClN3OS/c1-3-17-12-6-11(15-8(2)16-12)14-7-9-4-5-10(13)18-9/h4-6H,3,7H2,1-2H3,(H,14,15,16). The molecule has 0 aliphatic rings. The molecule has 0 unspecified atom stereocenters. The van der Waals surface area contributed by atoms with E-state index < -0.39 is 0 Å². The molecule has 96 valence electrons. The fourth-order valence-electron chi connectivity index (χ4n) is 1.48. The molecule has 0 bridgehead atoms. The summed E-state index contributed by atoms with van der Waals surface area (Å²) in [6.45, 7) is 5.06. The predicted octanol–water partition coefficient (Wildman–Crippen LogP) is 3.51. The van der Waals surface area contributed by atoms with Crippen LogP contribution in [0.25, 0.3) is 0 Å². The first kappa shape index (κ1) is 13.1. The van der Waals surface area contributed by atoms with Gasteiger partial charge in [-0.25, -0.2) is 4.98 Å². The van der Waals surface area contributed by atoms with Crippen LogP contribution in [0, 0.1) is 6.92 Å². The minimum absolute atomic E-state index is 0.594. The SMILES string of the molecule is CCOc1cc(NCc2ccc(Cl)s2)nc(C)n1. The van der Waals surface area contributed by atoms with E-state index in [9.17, 15) is 0 Å². The van der Waals surface area contributed by atoms with Crippen molar-refractivity contribution in [2.24, 2.45) is 0 Å². The van der Waals surface area contributed by atoms with Crippen molar-refractivity contribution in [2.75, 3.05) is 11.9 Å². The monoisotopic (exact) mass is 283 g/mol. The smallest absolute Gasteiger partial charge is 0.218 e. The Morgan fingerprint density at radius 3 is 2.89 bits per heavy atom. The number of hydrogen-bond acceptors (Lipinski definition) is 5. The molecule has 0 radical (unpaired) electrons. The van der Waals surface area contributed by atoms with Crippen LogP contribution in [0.3, 0.4) is 0 Å². The molecule has 0 atom stereocenters. The van der Waals surface area contributed by atoms with Gasteiger partial charge in [0.1, 0.15) is 11.6 Å². The van der Waals surface area contributed by atoms with E-state index in [0.29, 0.717) is 24.9 Å². The highest BCUT2D eigenvalue weighted by Crippen LogP contribution is 2.22. The Morgan fingerprint density at radius 1 is 1.39 bits per heavy atom. The van der Waals surface area contributed by atoms with E-state index in [1.165, 1.54) is 0 Å². The first-order valence-corrected chi connectivity index (χ1v) is 6.83. The fraction of sp³-hybridized carbons (Fsp3) is 0.333. The van der Waals surface area contributed by atoms with E-state index in [2.05, 4.69) is 15.3 Å². The van der Waals surface area contributed by atoms with Crippen LogP contribution >= 0.6 is 22.9 Å². The van der Waals surface area contributed by atoms with Crippen LogP contribution in [-0.4, -0.2) is 16.6 Å². The summed E-state index contributed by atoms with van der Waals surface area (Å²) in [5.41, 5.74) is 0. The molecule has 0 aliphatic heterocycles. The van der Waals surface area contributed by atoms with Gasteiger partial charge < -0.3 is 10.1 Å². The predicted molar refractivity (Wildman–Crippen MR) is 74.6 cm³/mol. The highest BCUT2D eigenvalue weighted by molar-refractivity contribution is 7.16. The van der Waals surface area contributed by atoms with Gasteiger partial charge in [0.2, 0.25) is 5.88 Å². The summed E-state index contributed by atoms with van der Waals surface area (Å²) in [6.07, 6.45) is 0. The van der Waals surface area contributed by atoms with E-state index in [1.807, 2.05) is 26.0 Å². The number of ether oxygens (including phenoxy) is 1. The van der Waals surface area contributed by atoms with E-state index >= 15 is 0 Å². The van der Waals surface area contributed by atoms with Crippen LogP contribution in [0.1, 0.15) is 17.6 Å². The zero-order chi connectivity index (χ0) is 13.0. The van der Waals surface area contributed by atoms with Gasteiger partial charge in [-0.3, -0.25) is 0 Å². The molecule has 1 N–H and O–H groups in total. The van der Waals surface area contributed by atoms with Gasteiger partial charge in [-0.05, 0) is 26.0 Å². The Hall–Kier alpha value is -1.33. The molecule has 4 nitrogen and oxygen atoms in total. The molecule has 18 heavy (non-hydrogen) atoms. The fourth-order valence-corrected chi connectivity index (χ4v) is 2.50.